The predicted molar refractivity (Wildman–Crippen MR) is 101 cm³/mol. The third kappa shape index (κ3) is 2.76. The van der Waals surface area contributed by atoms with Crippen molar-refractivity contribution in [1.82, 2.24) is 15.2 Å². The van der Waals surface area contributed by atoms with Gasteiger partial charge in [-0.2, -0.15) is 0 Å². The molecule has 0 unspecified atom stereocenters. The molecule has 142 valence electrons. The molecule has 1 amide bonds. The Kier molecular flexibility index (Phi) is 4.25. The molecule has 0 radical (unpaired) electrons. The van der Waals surface area contributed by atoms with Crippen LogP contribution in [-0.2, 0) is 0 Å². The molecule has 28 heavy (non-hydrogen) atoms. The van der Waals surface area contributed by atoms with Crippen LogP contribution < -0.4 is 10.2 Å². The Hall–Kier alpha value is -3.78. The molecular weight excluding hydrogens is 362 g/mol. The number of amides is 1. The third-order valence-corrected chi connectivity index (χ3v) is 4.49. The lowest BCUT2D eigenvalue weighted by molar-refractivity contribution is 0.128. The van der Waals surface area contributed by atoms with Gasteiger partial charge in [0.05, 0.1) is 16.8 Å². The number of nitrogens with zero attached hydrogens (tertiary/aromatic N) is 2. The van der Waals surface area contributed by atoms with Gasteiger partial charge in [0.25, 0.3) is 0 Å². The van der Waals surface area contributed by atoms with Crippen LogP contribution in [0, 0.1) is 13.8 Å². The standard InChI is InChI=1S/C20H17N3O5/c1-11-17(12(2)28-22-11)18-19(27-20(25)21-26)15-5-3-4-6-16(15)23(18)13-7-9-14(24)10-8-13/h3-10,24,26H,1-2H3,(H,21,25). The first-order valence-corrected chi connectivity index (χ1v) is 8.49. The minimum atomic E-state index is -1.01. The average Bonchev–Trinajstić information content (AvgIpc) is 3.19. The summed E-state index contributed by atoms with van der Waals surface area (Å²) in [6.07, 6.45) is -1.01. The van der Waals surface area contributed by atoms with Crippen LogP contribution in [0.25, 0.3) is 27.8 Å². The highest BCUT2D eigenvalue weighted by molar-refractivity contribution is 5.99. The van der Waals surface area contributed by atoms with E-state index in [1.807, 2.05) is 28.8 Å². The van der Waals surface area contributed by atoms with E-state index < -0.39 is 6.09 Å². The summed E-state index contributed by atoms with van der Waals surface area (Å²) in [4.78, 5) is 11.8. The summed E-state index contributed by atoms with van der Waals surface area (Å²) in [6, 6.07) is 14.0. The number of aromatic hydroxyl groups is 1. The van der Waals surface area contributed by atoms with Crippen LogP contribution in [0.5, 0.6) is 11.5 Å². The Labute approximate surface area is 159 Å². The molecule has 2 aromatic heterocycles. The van der Waals surface area contributed by atoms with E-state index in [2.05, 4.69) is 5.16 Å². The minimum absolute atomic E-state index is 0.134. The lowest BCUT2D eigenvalue weighted by Crippen LogP contribution is -2.23. The number of hydrogen-bond acceptors (Lipinski definition) is 6. The zero-order chi connectivity index (χ0) is 19.8. The van der Waals surface area contributed by atoms with Crippen LogP contribution in [0.1, 0.15) is 11.5 Å². The first-order chi connectivity index (χ1) is 13.5. The smallest absolute Gasteiger partial charge is 0.436 e. The largest absolute Gasteiger partial charge is 0.508 e. The Balaban J connectivity index is 2.13. The third-order valence-electron chi connectivity index (χ3n) is 4.49. The van der Waals surface area contributed by atoms with E-state index in [0.717, 1.165) is 11.2 Å². The lowest BCUT2D eigenvalue weighted by atomic mass is 10.1. The van der Waals surface area contributed by atoms with E-state index in [4.69, 9.17) is 14.5 Å². The summed E-state index contributed by atoms with van der Waals surface area (Å²) in [5, 5.41) is 23.3. The van der Waals surface area contributed by atoms with Crippen LogP contribution in [0.15, 0.2) is 53.1 Å². The molecule has 3 N–H and O–H groups in total. The molecule has 2 heterocycles. The van der Waals surface area contributed by atoms with Gasteiger partial charge >= 0.3 is 6.09 Å². The second-order valence-electron chi connectivity index (χ2n) is 6.25. The van der Waals surface area contributed by atoms with E-state index in [-0.39, 0.29) is 11.5 Å². The number of benzene rings is 2. The van der Waals surface area contributed by atoms with Crippen molar-refractivity contribution in [1.29, 1.82) is 0 Å². The van der Waals surface area contributed by atoms with Crippen molar-refractivity contribution in [3.05, 3.63) is 60.0 Å². The fourth-order valence-electron chi connectivity index (χ4n) is 3.35. The number of carbonyl (C=O) groups excluding carboxylic acids is 1. The molecule has 0 saturated carbocycles. The lowest BCUT2D eigenvalue weighted by Gasteiger charge is -2.12. The van der Waals surface area contributed by atoms with Crippen LogP contribution >= 0.6 is 0 Å². The average molecular weight is 379 g/mol. The minimum Gasteiger partial charge on any atom is -0.508 e. The molecular formula is C20H17N3O5. The van der Waals surface area contributed by atoms with Gasteiger partial charge in [0.15, 0.2) is 5.75 Å². The summed E-state index contributed by atoms with van der Waals surface area (Å²) in [5.74, 6) is 0.939. The summed E-state index contributed by atoms with van der Waals surface area (Å²) in [6.45, 7) is 3.56. The van der Waals surface area contributed by atoms with E-state index in [1.165, 1.54) is 5.48 Å². The summed E-state index contributed by atoms with van der Waals surface area (Å²) >= 11 is 0. The molecule has 8 nitrogen and oxygen atoms in total. The molecule has 0 bridgehead atoms. The zero-order valence-electron chi connectivity index (χ0n) is 15.1. The molecule has 0 fully saturated rings. The van der Waals surface area contributed by atoms with Crippen molar-refractivity contribution >= 4 is 17.0 Å². The molecule has 0 spiro atoms. The zero-order valence-corrected chi connectivity index (χ0v) is 15.1. The first kappa shape index (κ1) is 17.6. The highest BCUT2D eigenvalue weighted by Gasteiger charge is 2.27. The Morgan fingerprint density at radius 1 is 1.14 bits per heavy atom. The van der Waals surface area contributed by atoms with Crippen LogP contribution in [0.3, 0.4) is 0 Å². The number of ether oxygens (including phenoxy) is 1. The summed E-state index contributed by atoms with van der Waals surface area (Å²) < 4.78 is 12.7. The SMILES string of the molecule is Cc1noc(C)c1-c1c(OC(=O)NO)c2ccccc2n1-c1ccc(O)cc1. The number of para-hydroxylation sites is 1. The van der Waals surface area contributed by atoms with E-state index in [1.54, 1.807) is 38.1 Å². The number of hydrogen-bond donors (Lipinski definition) is 3. The number of aromatic nitrogens is 2. The molecule has 8 heteroatoms. The number of phenols is 1. The molecule has 4 rings (SSSR count). The van der Waals surface area contributed by atoms with Gasteiger partial charge < -0.3 is 18.9 Å². The second-order valence-corrected chi connectivity index (χ2v) is 6.25. The number of nitrogens with one attached hydrogen (secondary N) is 1. The van der Waals surface area contributed by atoms with Gasteiger partial charge in [0.1, 0.15) is 17.2 Å². The maximum atomic E-state index is 11.8. The van der Waals surface area contributed by atoms with Crippen molar-refractivity contribution in [3.63, 3.8) is 0 Å². The van der Waals surface area contributed by atoms with Gasteiger partial charge in [-0.1, -0.05) is 17.3 Å². The van der Waals surface area contributed by atoms with Gasteiger partial charge in [-0.15, -0.1) is 0 Å². The topological polar surface area (TPSA) is 110 Å². The van der Waals surface area contributed by atoms with Crippen LogP contribution in [0.4, 0.5) is 4.79 Å². The Morgan fingerprint density at radius 2 is 1.86 bits per heavy atom. The predicted octanol–water partition coefficient (Wildman–Crippen LogP) is 4.09. The van der Waals surface area contributed by atoms with E-state index in [9.17, 15) is 9.90 Å². The summed E-state index contributed by atoms with van der Waals surface area (Å²) in [5.41, 5.74) is 4.84. The highest BCUT2D eigenvalue weighted by atomic mass is 16.6. The first-order valence-electron chi connectivity index (χ1n) is 8.49. The maximum Gasteiger partial charge on any atom is 0.436 e. The molecule has 0 aliphatic carbocycles. The quantitative estimate of drug-likeness (QED) is 0.365. The molecule has 0 aliphatic rings. The fraction of sp³-hybridized carbons (Fsp3) is 0.100. The van der Waals surface area contributed by atoms with Crippen molar-refractivity contribution in [3.8, 4) is 28.4 Å². The van der Waals surface area contributed by atoms with Crippen molar-refractivity contribution in [2.75, 3.05) is 0 Å². The number of aryl methyl sites for hydroxylation is 2. The number of hydroxylamine groups is 1. The molecule has 0 atom stereocenters. The van der Waals surface area contributed by atoms with Crippen molar-refractivity contribution < 1.29 is 24.4 Å². The molecule has 0 aliphatic heterocycles. The summed E-state index contributed by atoms with van der Waals surface area (Å²) in [7, 11) is 0. The Morgan fingerprint density at radius 3 is 2.50 bits per heavy atom. The Bertz CT molecular complexity index is 1160. The van der Waals surface area contributed by atoms with Crippen LogP contribution in [-0.4, -0.2) is 26.1 Å². The fourth-order valence-corrected chi connectivity index (χ4v) is 3.35. The normalized spacial score (nSPS) is 11.0. The van der Waals surface area contributed by atoms with Gasteiger partial charge in [-0.05, 0) is 50.2 Å². The highest BCUT2D eigenvalue weighted by Crippen LogP contribution is 2.44. The number of rotatable bonds is 3. The number of fused-ring (bicyclic) bond motifs is 1. The van der Waals surface area contributed by atoms with E-state index >= 15 is 0 Å². The van der Waals surface area contributed by atoms with Gasteiger partial charge in [0.2, 0.25) is 0 Å². The molecule has 4 aromatic rings. The monoisotopic (exact) mass is 379 g/mol. The van der Waals surface area contributed by atoms with E-state index in [0.29, 0.717) is 28.1 Å². The van der Waals surface area contributed by atoms with Gasteiger partial charge in [0, 0.05) is 11.1 Å². The number of phenolic OH excluding ortho intramolecular Hbond substituents is 1. The van der Waals surface area contributed by atoms with Gasteiger partial charge in [-0.25, -0.2) is 10.3 Å². The number of carbonyl (C=O) groups is 1. The van der Waals surface area contributed by atoms with Crippen molar-refractivity contribution in [2.45, 2.75) is 13.8 Å². The molecule has 2 aromatic carbocycles. The van der Waals surface area contributed by atoms with Crippen LogP contribution in [0.2, 0.25) is 0 Å². The molecule has 0 saturated heterocycles. The van der Waals surface area contributed by atoms with Gasteiger partial charge in [-0.3, -0.25) is 5.21 Å². The van der Waals surface area contributed by atoms with Crippen molar-refractivity contribution in [2.24, 2.45) is 0 Å². The maximum absolute atomic E-state index is 11.8. The second kappa shape index (κ2) is 6.75.